The second-order valence-electron chi connectivity index (χ2n) is 4.26. The van der Waals surface area contributed by atoms with Crippen LogP contribution in [0.3, 0.4) is 0 Å². The van der Waals surface area contributed by atoms with Gasteiger partial charge in [-0.3, -0.25) is 0 Å². The molecular formula is C14H17ClN4. The Kier molecular flexibility index (Phi) is 4.58. The Labute approximate surface area is 118 Å². The summed E-state index contributed by atoms with van der Waals surface area (Å²) >= 11 is 6.07. The summed E-state index contributed by atoms with van der Waals surface area (Å²) in [5.41, 5.74) is 2.43. The summed E-state index contributed by atoms with van der Waals surface area (Å²) in [5, 5.41) is 6.81. The van der Waals surface area contributed by atoms with Gasteiger partial charge < -0.3 is 10.6 Å². The van der Waals surface area contributed by atoms with Crippen molar-refractivity contribution < 1.29 is 0 Å². The summed E-state index contributed by atoms with van der Waals surface area (Å²) in [5.74, 6) is 1.23. The topological polar surface area (TPSA) is 49.8 Å². The van der Waals surface area contributed by atoms with Gasteiger partial charge in [0.15, 0.2) is 5.82 Å². The number of nitrogens with one attached hydrogen (secondary N) is 2. The number of aromatic nitrogens is 2. The fraction of sp³-hybridized carbons (Fsp3) is 0.286. The zero-order valence-corrected chi connectivity index (χ0v) is 11.8. The van der Waals surface area contributed by atoms with E-state index in [1.807, 2.05) is 6.92 Å². The monoisotopic (exact) mass is 276 g/mol. The Bertz CT molecular complexity index is 540. The predicted octanol–water partition coefficient (Wildman–Crippen LogP) is 3.48. The molecule has 0 spiro atoms. The molecule has 0 saturated heterocycles. The van der Waals surface area contributed by atoms with Crippen LogP contribution in [-0.2, 0) is 6.54 Å². The molecule has 1 aromatic carbocycles. The molecule has 4 nitrogen and oxygen atoms in total. The molecule has 0 saturated carbocycles. The molecule has 0 fully saturated rings. The maximum absolute atomic E-state index is 6.07. The molecule has 0 atom stereocenters. The van der Waals surface area contributed by atoms with E-state index < -0.39 is 0 Å². The van der Waals surface area contributed by atoms with Gasteiger partial charge in [0.1, 0.15) is 5.02 Å². The molecule has 1 heterocycles. The van der Waals surface area contributed by atoms with Crippen LogP contribution in [0.1, 0.15) is 18.1 Å². The van der Waals surface area contributed by atoms with Crippen molar-refractivity contribution in [3.63, 3.8) is 0 Å². The van der Waals surface area contributed by atoms with E-state index in [0.717, 1.165) is 6.54 Å². The minimum atomic E-state index is 0.522. The first kappa shape index (κ1) is 13.6. The Hall–Kier alpha value is -1.81. The van der Waals surface area contributed by atoms with Gasteiger partial charge in [0.25, 0.3) is 0 Å². The van der Waals surface area contributed by atoms with Gasteiger partial charge in [0, 0.05) is 13.1 Å². The van der Waals surface area contributed by atoms with Crippen LogP contribution in [0, 0.1) is 6.92 Å². The quantitative estimate of drug-likeness (QED) is 0.878. The van der Waals surface area contributed by atoms with E-state index in [4.69, 9.17) is 11.6 Å². The van der Waals surface area contributed by atoms with Crippen molar-refractivity contribution in [2.75, 3.05) is 17.2 Å². The zero-order chi connectivity index (χ0) is 13.7. The lowest BCUT2D eigenvalue weighted by Gasteiger charge is -2.09. The lowest BCUT2D eigenvalue weighted by atomic mass is 10.1. The van der Waals surface area contributed by atoms with E-state index >= 15 is 0 Å². The fourth-order valence-electron chi connectivity index (χ4n) is 1.63. The highest BCUT2D eigenvalue weighted by molar-refractivity contribution is 6.32. The van der Waals surface area contributed by atoms with Gasteiger partial charge >= 0.3 is 0 Å². The maximum Gasteiger partial charge on any atom is 0.224 e. The molecule has 0 unspecified atom stereocenters. The normalized spacial score (nSPS) is 10.3. The molecule has 19 heavy (non-hydrogen) atoms. The molecule has 2 rings (SSSR count). The summed E-state index contributed by atoms with van der Waals surface area (Å²) < 4.78 is 0. The van der Waals surface area contributed by atoms with Gasteiger partial charge in [-0.1, -0.05) is 41.4 Å². The van der Waals surface area contributed by atoms with Crippen LogP contribution in [0.2, 0.25) is 5.02 Å². The number of rotatable bonds is 5. The molecule has 100 valence electrons. The standard InChI is InChI=1S/C14H17ClN4/c1-3-16-14-18-9-12(15)13(19-14)17-8-11-6-4-10(2)5-7-11/h4-7,9H,3,8H2,1-2H3,(H2,16,17,18,19). The van der Waals surface area contributed by atoms with Crippen molar-refractivity contribution in [2.45, 2.75) is 20.4 Å². The van der Waals surface area contributed by atoms with Crippen molar-refractivity contribution in [3.8, 4) is 0 Å². The van der Waals surface area contributed by atoms with Crippen LogP contribution < -0.4 is 10.6 Å². The molecule has 0 aliphatic rings. The van der Waals surface area contributed by atoms with Gasteiger partial charge in [0.05, 0.1) is 6.20 Å². The summed E-state index contributed by atoms with van der Waals surface area (Å²) in [4.78, 5) is 8.43. The van der Waals surface area contributed by atoms with Gasteiger partial charge in [-0.15, -0.1) is 0 Å². The van der Waals surface area contributed by atoms with Gasteiger partial charge in [-0.25, -0.2) is 4.98 Å². The number of hydrogen-bond acceptors (Lipinski definition) is 4. The van der Waals surface area contributed by atoms with E-state index in [-0.39, 0.29) is 0 Å². The van der Waals surface area contributed by atoms with Gasteiger partial charge in [0.2, 0.25) is 5.95 Å². The molecule has 0 aliphatic heterocycles. The van der Waals surface area contributed by atoms with Crippen LogP contribution in [0.4, 0.5) is 11.8 Å². The van der Waals surface area contributed by atoms with Crippen LogP contribution in [0.5, 0.6) is 0 Å². The largest absolute Gasteiger partial charge is 0.365 e. The number of aryl methyl sites for hydroxylation is 1. The Morgan fingerprint density at radius 3 is 2.58 bits per heavy atom. The summed E-state index contributed by atoms with van der Waals surface area (Å²) in [6.07, 6.45) is 1.60. The van der Waals surface area contributed by atoms with Crippen LogP contribution >= 0.6 is 11.6 Å². The number of benzene rings is 1. The SMILES string of the molecule is CCNc1ncc(Cl)c(NCc2ccc(C)cc2)n1. The number of hydrogen-bond donors (Lipinski definition) is 2. The van der Waals surface area contributed by atoms with E-state index in [1.165, 1.54) is 11.1 Å². The Balaban J connectivity index is 2.05. The van der Waals surface area contributed by atoms with Crippen LogP contribution in [-0.4, -0.2) is 16.5 Å². The minimum absolute atomic E-state index is 0.522. The van der Waals surface area contributed by atoms with Crippen molar-refractivity contribution in [1.82, 2.24) is 9.97 Å². The fourth-order valence-corrected chi connectivity index (χ4v) is 1.78. The van der Waals surface area contributed by atoms with Crippen molar-refractivity contribution >= 4 is 23.4 Å². The third kappa shape index (κ3) is 3.83. The highest BCUT2D eigenvalue weighted by Gasteiger charge is 2.04. The molecule has 0 aliphatic carbocycles. The van der Waals surface area contributed by atoms with Crippen molar-refractivity contribution in [1.29, 1.82) is 0 Å². The van der Waals surface area contributed by atoms with E-state index in [1.54, 1.807) is 6.20 Å². The lowest BCUT2D eigenvalue weighted by Crippen LogP contribution is -2.07. The second kappa shape index (κ2) is 6.38. The molecule has 2 aromatic rings. The zero-order valence-electron chi connectivity index (χ0n) is 11.1. The first-order chi connectivity index (χ1) is 9.19. The summed E-state index contributed by atoms with van der Waals surface area (Å²) in [6, 6.07) is 8.34. The first-order valence-electron chi connectivity index (χ1n) is 6.25. The lowest BCUT2D eigenvalue weighted by molar-refractivity contribution is 1.05. The number of anilines is 2. The molecule has 1 aromatic heterocycles. The summed E-state index contributed by atoms with van der Waals surface area (Å²) in [6.45, 7) is 5.53. The van der Waals surface area contributed by atoms with Gasteiger partial charge in [-0.2, -0.15) is 4.98 Å². The van der Waals surface area contributed by atoms with Crippen LogP contribution in [0.15, 0.2) is 30.5 Å². The average Bonchev–Trinajstić information content (AvgIpc) is 2.41. The molecule has 0 radical (unpaired) electrons. The summed E-state index contributed by atoms with van der Waals surface area (Å²) in [7, 11) is 0. The van der Waals surface area contributed by atoms with Crippen molar-refractivity contribution in [3.05, 3.63) is 46.6 Å². The maximum atomic E-state index is 6.07. The van der Waals surface area contributed by atoms with Crippen molar-refractivity contribution in [2.24, 2.45) is 0 Å². The first-order valence-corrected chi connectivity index (χ1v) is 6.62. The molecule has 2 N–H and O–H groups in total. The third-order valence-corrected chi connectivity index (χ3v) is 2.94. The predicted molar refractivity (Wildman–Crippen MR) is 79.7 cm³/mol. The molecule has 0 amide bonds. The third-order valence-electron chi connectivity index (χ3n) is 2.66. The van der Waals surface area contributed by atoms with Crippen LogP contribution in [0.25, 0.3) is 0 Å². The number of nitrogens with zero attached hydrogens (tertiary/aromatic N) is 2. The number of halogens is 1. The smallest absolute Gasteiger partial charge is 0.224 e. The molecule has 0 bridgehead atoms. The van der Waals surface area contributed by atoms with E-state index in [0.29, 0.717) is 23.3 Å². The van der Waals surface area contributed by atoms with E-state index in [9.17, 15) is 0 Å². The Morgan fingerprint density at radius 1 is 1.16 bits per heavy atom. The second-order valence-corrected chi connectivity index (χ2v) is 4.67. The van der Waals surface area contributed by atoms with E-state index in [2.05, 4.69) is 51.8 Å². The average molecular weight is 277 g/mol. The Morgan fingerprint density at radius 2 is 1.89 bits per heavy atom. The molecule has 5 heteroatoms. The highest BCUT2D eigenvalue weighted by atomic mass is 35.5. The van der Waals surface area contributed by atoms with Gasteiger partial charge in [-0.05, 0) is 19.4 Å². The molecular weight excluding hydrogens is 260 g/mol. The minimum Gasteiger partial charge on any atom is -0.365 e. The highest BCUT2D eigenvalue weighted by Crippen LogP contribution is 2.20.